The van der Waals surface area contributed by atoms with E-state index in [0.29, 0.717) is 29.5 Å². The molecule has 136 valence electrons. The number of amides is 2. The zero-order valence-electron chi connectivity index (χ0n) is 13.8. The van der Waals surface area contributed by atoms with E-state index < -0.39 is 29.3 Å². The summed E-state index contributed by atoms with van der Waals surface area (Å²) in [7, 11) is 0. The molecular formula is C19H18ClFN2O3. The molecule has 2 atom stereocenters. The number of urea groups is 1. The van der Waals surface area contributed by atoms with Crippen LogP contribution < -0.4 is 11.1 Å². The molecule has 0 saturated heterocycles. The number of halogens is 2. The Bertz CT molecular complexity index is 859. The van der Waals surface area contributed by atoms with Crippen LogP contribution in [0.5, 0.6) is 0 Å². The SMILES string of the molecule is NC(=O)NC1CCCC1(C(=O)O)c1cc(Cl)c(F)cc1-c1ccccc1. The predicted octanol–water partition coefficient (Wildman–Crippen LogP) is 3.69. The summed E-state index contributed by atoms with van der Waals surface area (Å²) in [4.78, 5) is 23.8. The fourth-order valence-corrected chi connectivity index (χ4v) is 4.00. The second-order valence-corrected chi connectivity index (χ2v) is 6.82. The molecule has 7 heteroatoms. The van der Waals surface area contributed by atoms with Crippen LogP contribution in [0.3, 0.4) is 0 Å². The van der Waals surface area contributed by atoms with Crippen LogP contribution in [-0.2, 0) is 10.2 Å². The van der Waals surface area contributed by atoms with Crippen LogP contribution in [0.15, 0.2) is 42.5 Å². The number of nitrogens with one attached hydrogen (secondary N) is 1. The molecule has 5 nitrogen and oxygen atoms in total. The number of benzene rings is 2. The van der Waals surface area contributed by atoms with E-state index in [1.54, 1.807) is 24.3 Å². The van der Waals surface area contributed by atoms with Gasteiger partial charge in [0.05, 0.1) is 11.1 Å². The van der Waals surface area contributed by atoms with Crippen molar-refractivity contribution in [3.05, 3.63) is 58.9 Å². The standard InChI is InChI=1S/C19H18ClFN2O3/c20-14-10-13(12(9-15(14)21)11-5-2-1-3-6-11)19(17(24)25)8-4-7-16(19)23-18(22)26/h1-3,5-6,9-10,16H,4,7-8H2,(H,24,25)(H3,22,23,26). The van der Waals surface area contributed by atoms with Gasteiger partial charge in [0, 0.05) is 0 Å². The number of aliphatic carboxylic acids is 1. The summed E-state index contributed by atoms with van der Waals surface area (Å²) < 4.78 is 14.2. The molecule has 0 aliphatic heterocycles. The molecule has 1 saturated carbocycles. The van der Waals surface area contributed by atoms with Gasteiger partial charge in [0.1, 0.15) is 11.2 Å². The third kappa shape index (κ3) is 3.01. The second-order valence-electron chi connectivity index (χ2n) is 6.41. The Balaban J connectivity index is 2.27. The van der Waals surface area contributed by atoms with E-state index in [-0.39, 0.29) is 11.4 Å². The van der Waals surface area contributed by atoms with Gasteiger partial charge in [0.25, 0.3) is 0 Å². The van der Waals surface area contributed by atoms with Gasteiger partial charge in [0.2, 0.25) is 0 Å². The molecule has 0 bridgehead atoms. The van der Waals surface area contributed by atoms with Crippen LogP contribution >= 0.6 is 11.6 Å². The second kappa shape index (κ2) is 6.96. The van der Waals surface area contributed by atoms with Crippen LogP contribution in [0.1, 0.15) is 24.8 Å². The maximum atomic E-state index is 14.2. The third-order valence-corrected chi connectivity index (χ3v) is 5.27. The summed E-state index contributed by atoms with van der Waals surface area (Å²) in [6, 6.07) is 10.0. The van der Waals surface area contributed by atoms with Gasteiger partial charge in [-0.1, -0.05) is 41.9 Å². The predicted molar refractivity (Wildman–Crippen MR) is 96.5 cm³/mol. The summed E-state index contributed by atoms with van der Waals surface area (Å²) in [6.45, 7) is 0. The molecule has 0 heterocycles. The first kappa shape index (κ1) is 18.2. The lowest BCUT2D eigenvalue weighted by Crippen LogP contribution is -2.53. The molecular weight excluding hydrogens is 359 g/mol. The molecule has 3 rings (SSSR count). The Morgan fingerprint density at radius 3 is 2.58 bits per heavy atom. The van der Waals surface area contributed by atoms with Crippen molar-refractivity contribution in [2.45, 2.75) is 30.7 Å². The van der Waals surface area contributed by atoms with E-state index in [9.17, 15) is 19.1 Å². The Hall–Kier alpha value is -2.60. The van der Waals surface area contributed by atoms with Gasteiger partial charge in [0.15, 0.2) is 0 Å². The van der Waals surface area contributed by atoms with Crippen LogP contribution in [0.25, 0.3) is 11.1 Å². The topological polar surface area (TPSA) is 92.4 Å². The maximum Gasteiger partial charge on any atom is 0.316 e. The first-order valence-corrected chi connectivity index (χ1v) is 8.58. The lowest BCUT2D eigenvalue weighted by atomic mass is 9.72. The largest absolute Gasteiger partial charge is 0.481 e. The highest BCUT2D eigenvalue weighted by atomic mass is 35.5. The first-order chi connectivity index (χ1) is 12.4. The fourth-order valence-electron chi connectivity index (χ4n) is 3.84. The van der Waals surface area contributed by atoms with Crippen molar-refractivity contribution >= 4 is 23.6 Å². The summed E-state index contributed by atoms with van der Waals surface area (Å²) >= 11 is 5.99. The average molecular weight is 377 g/mol. The number of carboxylic acids is 1. The van der Waals surface area contributed by atoms with Gasteiger partial charge in [-0.2, -0.15) is 0 Å². The molecule has 0 aromatic heterocycles. The highest BCUT2D eigenvalue weighted by molar-refractivity contribution is 6.31. The molecule has 1 aliphatic carbocycles. The molecule has 2 aromatic carbocycles. The van der Waals surface area contributed by atoms with Gasteiger partial charge >= 0.3 is 12.0 Å². The van der Waals surface area contributed by atoms with E-state index >= 15 is 0 Å². The van der Waals surface area contributed by atoms with Crippen molar-refractivity contribution in [2.24, 2.45) is 5.73 Å². The molecule has 4 N–H and O–H groups in total. The zero-order chi connectivity index (χ0) is 18.9. The van der Waals surface area contributed by atoms with Crippen molar-refractivity contribution in [3.8, 4) is 11.1 Å². The van der Waals surface area contributed by atoms with Crippen LogP contribution in [-0.4, -0.2) is 23.1 Å². The third-order valence-electron chi connectivity index (χ3n) is 4.98. The highest BCUT2D eigenvalue weighted by Gasteiger charge is 2.52. The van der Waals surface area contributed by atoms with E-state index in [0.717, 1.165) is 0 Å². The van der Waals surface area contributed by atoms with E-state index in [1.165, 1.54) is 12.1 Å². The lowest BCUT2D eigenvalue weighted by Gasteiger charge is -2.34. The summed E-state index contributed by atoms with van der Waals surface area (Å²) in [5.74, 6) is -1.74. The van der Waals surface area contributed by atoms with E-state index in [2.05, 4.69) is 5.32 Å². The average Bonchev–Trinajstić information content (AvgIpc) is 3.01. The van der Waals surface area contributed by atoms with Crippen LogP contribution in [0, 0.1) is 5.82 Å². The Morgan fingerprint density at radius 2 is 1.96 bits per heavy atom. The number of carbonyl (C=O) groups is 2. The molecule has 26 heavy (non-hydrogen) atoms. The highest BCUT2D eigenvalue weighted by Crippen LogP contribution is 2.46. The first-order valence-electron chi connectivity index (χ1n) is 8.20. The Kier molecular flexibility index (Phi) is 4.87. The van der Waals surface area contributed by atoms with Gasteiger partial charge in [-0.3, -0.25) is 4.79 Å². The smallest absolute Gasteiger partial charge is 0.316 e. The molecule has 0 spiro atoms. The number of hydrogen-bond acceptors (Lipinski definition) is 2. The fraction of sp³-hybridized carbons (Fsp3) is 0.263. The molecule has 1 fully saturated rings. The maximum absolute atomic E-state index is 14.2. The normalized spacial score (nSPS) is 22.2. The van der Waals surface area contributed by atoms with Gasteiger partial charge in [-0.05, 0) is 48.1 Å². The van der Waals surface area contributed by atoms with Crippen molar-refractivity contribution in [3.63, 3.8) is 0 Å². The molecule has 0 radical (unpaired) electrons. The van der Waals surface area contributed by atoms with Crippen molar-refractivity contribution in [1.29, 1.82) is 0 Å². The van der Waals surface area contributed by atoms with Crippen molar-refractivity contribution in [2.75, 3.05) is 0 Å². The minimum absolute atomic E-state index is 0.162. The van der Waals surface area contributed by atoms with Crippen molar-refractivity contribution in [1.82, 2.24) is 5.32 Å². The molecule has 2 unspecified atom stereocenters. The Labute approximate surface area is 155 Å². The number of carbonyl (C=O) groups excluding carboxylic acids is 1. The Morgan fingerprint density at radius 1 is 1.27 bits per heavy atom. The minimum atomic E-state index is -1.43. The lowest BCUT2D eigenvalue weighted by molar-refractivity contribution is -0.144. The summed E-state index contributed by atoms with van der Waals surface area (Å²) in [5, 5.41) is 12.5. The number of hydrogen-bond donors (Lipinski definition) is 3. The minimum Gasteiger partial charge on any atom is -0.481 e. The number of carboxylic acid groups (broad SMARTS) is 1. The molecule has 2 aromatic rings. The number of rotatable bonds is 4. The summed E-state index contributed by atoms with van der Waals surface area (Å²) in [5.41, 5.74) is 5.29. The zero-order valence-corrected chi connectivity index (χ0v) is 14.6. The number of primary amides is 1. The number of nitrogens with two attached hydrogens (primary N) is 1. The summed E-state index contributed by atoms with van der Waals surface area (Å²) in [6.07, 6.45) is 1.33. The van der Waals surface area contributed by atoms with Crippen LogP contribution in [0.2, 0.25) is 5.02 Å². The van der Waals surface area contributed by atoms with E-state index in [1.807, 2.05) is 6.07 Å². The van der Waals surface area contributed by atoms with Gasteiger partial charge in [-0.15, -0.1) is 0 Å². The van der Waals surface area contributed by atoms with Crippen molar-refractivity contribution < 1.29 is 19.1 Å². The van der Waals surface area contributed by atoms with Gasteiger partial charge in [-0.25, -0.2) is 9.18 Å². The molecule has 2 amide bonds. The van der Waals surface area contributed by atoms with E-state index in [4.69, 9.17) is 17.3 Å². The van der Waals surface area contributed by atoms with Crippen LogP contribution in [0.4, 0.5) is 9.18 Å². The quantitative estimate of drug-likeness (QED) is 0.759. The van der Waals surface area contributed by atoms with Gasteiger partial charge < -0.3 is 16.2 Å². The monoisotopic (exact) mass is 376 g/mol. The molecule has 1 aliphatic rings.